The third kappa shape index (κ3) is 7.07. The normalized spacial score (nSPS) is 11.7. The summed E-state index contributed by atoms with van der Waals surface area (Å²) in [6, 6.07) is 92.4. The molecule has 0 saturated carbocycles. The molecule has 0 unspecified atom stereocenters. The van der Waals surface area contributed by atoms with E-state index in [4.69, 9.17) is 19.4 Å². The van der Waals surface area contributed by atoms with Crippen LogP contribution in [0.1, 0.15) is 0 Å². The number of nitrogens with zero attached hydrogens (tertiary/aromatic N) is 5. The van der Waals surface area contributed by atoms with Crippen molar-refractivity contribution in [3.05, 3.63) is 261 Å². The molecular weight excluding hydrogens is 915 g/mol. The van der Waals surface area contributed by atoms with E-state index in [1.165, 1.54) is 43.7 Å². The molecule has 4 heterocycles. The van der Waals surface area contributed by atoms with Gasteiger partial charge < -0.3 is 13.6 Å². The van der Waals surface area contributed by atoms with Crippen molar-refractivity contribution < 1.29 is 4.42 Å². The highest BCUT2D eigenvalue weighted by Crippen LogP contribution is 2.43. The molecule has 0 aliphatic rings. The van der Waals surface area contributed by atoms with Crippen molar-refractivity contribution >= 4 is 65.6 Å². The van der Waals surface area contributed by atoms with E-state index in [0.717, 1.165) is 83.3 Å². The minimum Gasteiger partial charge on any atom is -0.455 e. The smallest absolute Gasteiger partial charge is 0.167 e. The zero-order valence-electron chi connectivity index (χ0n) is 40.5. The van der Waals surface area contributed by atoms with Crippen LogP contribution < -0.4 is 0 Å². The molecule has 6 heteroatoms. The summed E-state index contributed by atoms with van der Waals surface area (Å²) in [6.45, 7) is 0. The van der Waals surface area contributed by atoms with E-state index in [1.54, 1.807) is 0 Å². The second-order valence-electron chi connectivity index (χ2n) is 19.1. The quantitative estimate of drug-likeness (QED) is 0.152. The Balaban J connectivity index is 0.850. The van der Waals surface area contributed by atoms with E-state index in [9.17, 15) is 0 Å². The van der Waals surface area contributed by atoms with Crippen molar-refractivity contribution in [1.29, 1.82) is 0 Å². The summed E-state index contributed by atoms with van der Waals surface area (Å²) in [5, 5.41) is 6.89. The number of hydrogen-bond acceptors (Lipinski definition) is 4. The fourth-order valence-corrected chi connectivity index (χ4v) is 11.3. The van der Waals surface area contributed by atoms with E-state index >= 15 is 0 Å². The van der Waals surface area contributed by atoms with E-state index in [1.807, 2.05) is 66.7 Å². The summed E-state index contributed by atoms with van der Waals surface area (Å²) >= 11 is 0. The van der Waals surface area contributed by atoms with Crippen LogP contribution in [0.2, 0.25) is 0 Å². The number of benzene rings is 11. The van der Waals surface area contributed by atoms with Crippen LogP contribution in [0.3, 0.4) is 0 Å². The lowest BCUT2D eigenvalue weighted by Crippen LogP contribution is -2.00. The summed E-state index contributed by atoms with van der Waals surface area (Å²) in [5.41, 5.74) is 17.9. The van der Waals surface area contributed by atoms with Gasteiger partial charge in [0.2, 0.25) is 0 Å². The highest BCUT2D eigenvalue weighted by atomic mass is 16.3. The van der Waals surface area contributed by atoms with Gasteiger partial charge in [-0.25, -0.2) is 15.0 Å². The van der Waals surface area contributed by atoms with Gasteiger partial charge in [-0.05, 0) is 107 Å². The maximum absolute atomic E-state index is 7.02. The molecule has 0 aliphatic carbocycles. The van der Waals surface area contributed by atoms with Crippen molar-refractivity contribution in [3.63, 3.8) is 0 Å². The van der Waals surface area contributed by atoms with Gasteiger partial charge in [-0.3, -0.25) is 0 Å². The van der Waals surface area contributed by atoms with E-state index in [2.05, 4.69) is 203 Å². The average Bonchev–Trinajstić information content (AvgIpc) is 4.19. The largest absolute Gasteiger partial charge is 0.455 e. The van der Waals surface area contributed by atoms with Crippen LogP contribution in [0.5, 0.6) is 0 Å². The van der Waals surface area contributed by atoms with E-state index in [0.29, 0.717) is 17.5 Å². The zero-order valence-corrected chi connectivity index (χ0v) is 40.5. The second kappa shape index (κ2) is 17.3. The number of furan rings is 1. The molecule has 6 nitrogen and oxygen atoms in total. The molecular formula is C69H43N5O. The van der Waals surface area contributed by atoms with Gasteiger partial charge >= 0.3 is 0 Å². The molecule has 0 aliphatic heterocycles. The van der Waals surface area contributed by atoms with E-state index in [-0.39, 0.29) is 0 Å². The Kier molecular flexibility index (Phi) is 9.78. The third-order valence-electron chi connectivity index (χ3n) is 14.8. The number of aromatic nitrogens is 5. The lowest BCUT2D eigenvalue weighted by Gasteiger charge is -2.09. The first kappa shape index (κ1) is 42.5. The first-order chi connectivity index (χ1) is 37.2. The fourth-order valence-electron chi connectivity index (χ4n) is 11.3. The molecule has 75 heavy (non-hydrogen) atoms. The van der Waals surface area contributed by atoms with Crippen LogP contribution in [-0.2, 0) is 0 Å². The summed E-state index contributed by atoms with van der Waals surface area (Å²) < 4.78 is 11.8. The molecule has 0 spiro atoms. The van der Waals surface area contributed by atoms with Crippen molar-refractivity contribution in [1.82, 2.24) is 24.1 Å². The molecule has 0 bridgehead atoms. The Morgan fingerprint density at radius 1 is 0.240 bits per heavy atom. The monoisotopic (exact) mass is 957 g/mol. The molecule has 0 radical (unpaired) electrons. The molecule has 0 amide bonds. The maximum atomic E-state index is 7.02. The second-order valence-corrected chi connectivity index (χ2v) is 19.1. The Labute approximate surface area is 431 Å². The standard InChI is InChI=1S/C69H43N5O/c1-5-18-44(19-6-1)67-70-68(45-20-7-2-8-21-45)72-69(71-67)57-32-17-31-56-55-30-16-29-53(65(55)75-66(56)57)50-23-15-22-46(40-50)47-34-38-63-59(42-47)60-43-49(36-39-64(60)74(63)52-26-11-4-12-27-52)48-35-37-62-58(41-48)54-28-13-14-33-61(54)73(62)51-24-9-3-10-25-51/h1-43H. The third-order valence-corrected chi connectivity index (χ3v) is 14.8. The molecule has 0 fully saturated rings. The zero-order chi connectivity index (χ0) is 49.4. The summed E-state index contributed by atoms with van der Waals surface area (Å²) in [7, 11) is 0. The lowest BCUT2D eigenvalue weighted by molar-refractivity contribution is 0.670. The van der Waals surface area contributed by atoms with Crippen LogP contribution in [0, 0.1) is 0 Å². The Bertz CT molecular complexity index is 4630. The number of rotatable bonds is 8. The van der Waals surface area contributed by atoms with Crippen molar-refractivity contribution in [2.75, 3.05) is 0 Å². The molecule has 15 rings (SSSR count). The first-order valence-electron chi connectivity index (χ1n) is 25.3. The highest BCUT2D eigenvalue weighted by molar-refractivity contribution is 6.15. The molecule has 4 aromatic heterocycles. The summed E-state index contributed by atoms with van der Waals surface area (Å²) in [5.74, 6) is 1.77. The Morgan fingerprint density at radius 3 is 1.16 bits per heavy atom. The van der Waals surface area contributed by atoms with Crippen LogP contribution >= 0.6 is 0 Å². The summed E-state index contributed by atoms with van der Waals surface area (Å²) in [6.07, 6.45) is 0. The predicted molar refractivity (Wildman–Crippen MR) is 308 cm³/mol. The van der Waals surface area contributed by atoms with Gasteiger partial charge in [0.15, 0.2) is 17.5 Å². The van der Waals surface area contributed by atoms with E-state index < -0.39 is 0 Å². The van der Waals surface area contributed by atoms with Crippen LogP contribution in [0.25, 0.3) is 144 Å². The van der Waals surface area contributed by atoms with Crippen LogP contribution in [-0.4, -0.2) is 24.1 Å². The van der Waals surface area contributed by atoms with Crippen LogP contribution in [0.4, 0.5) is 0 Å². The molecule has 0 atom stereocenters. The van der Waals surface area contributed by atoms with Gasteiger partial charge in [0.1, 0.15) is 11.2 Å². The minimum absolute atomic E-state index is 0.556. The first-order valence-corrected chi connectivity index (χ1v) is 25.3. The number of hydrogen-bond donors (Lipinski definition) is 0. The van der Waals surface area contributed by atoms with Gasteiger partial charge in [-0.15, -0.1) is 0 Å². The SMILES string of the molecule is c1ccc(-c2nc(-c3ccccc3)nc(-c3cccc4c3oc3c(-c5cccc(-c6ccc7c(c6)c6cc(-c8ccc9c(c8)c8ccccc8n9-c8ccccc8)ccc6n7-c6ccccc6)c5)cccc34)n2)cc1. The van der Waals surface area contributed by atoms with Gasteiger partial charge in [-0.1, -0.05) is 182 Å². The van der Waals surface area contributed by atoms with Gasteiger partial charge in [0.25, 0.3) is 0 Å². The highest BCUT2D eigenvalue weighted by Gasteiger charge is 2.21. The average molecular weight is 958 g/mol. The fraction of sp³-hybridized carbons (Fsp3) is 0. The number of fused-ring (bicyclic) bond motifs is 9. The van der Waals surface area contributed by atoms with Crippen LogP contribution in [0.15, 0.2) is 265 Å². The van der Waals surface area contributed by atoms with Crippen molar-refractivity contribution in [3.8, 4) is 78.9 Å². The predicted octanol–water partition coefficient (Wildman–Crippen LogP) is 18.0. The molecule has 350 valence electrons. The van der Waals surface area contributed by atoms with Gasteiger partial charge in [0.05, 0.1) is 27.6 Å². The van der Waals surface area contributed by atoms with Crippen molar-refractivity contribution in [2.24, 2.45) is 0 Å². The molecule has 0 saturated heterocycles. The number of para-hydroxylation sites is 5. The molecule has 15 aromatic rings. The topological polar surface area (TPSA) is 61.7 Å². The maximum Gasteiger partial charge on any atom is 0.167 e. The lowest BCUT2D eigenvalue weighted by atomic mass is 9.96. The molecule has 11 aromatic carbocycles. The Morgan fingerprint density at radius 2 is 0.613 bits per heavy atom. The summed E-state index contributed by atoms with van der Waals surface area (Å²) in [4.78, 5) is 15.1. The molecule has 0 N–H and O–H groups in total. The Hall–Kier alpha value is -10.2. The van der Waals surface area contributed by atoms with Gasteiger partial charge in [0, 0.05) is 60.4 Å². The van der Waals surface area contributed by atoms with Crippen molar-refractivity contribution in [2.45, 2.75) is 0 Å². The minimum atomic E-state index is 0.556. The van der Waals surface area contributed by atoms with Gasteiger partial charge in [-0.2, -0.15) is 0 Å².